The molecular weight excluding hydrogens is 227 g/mol. The van der Waals surface area contributed by atoms with E-state index in [0.29, 0.717) is 24.3 Å². The van der Waals surface area contributed by atoms with Gasteiger partial charge in [0, 0.05) is 0 Å². The number of aliphatic hydroxyl groups is 1. The van der Waals surface area contributed by atoms with E-state index in [0.717, 1.165) is 6.42 Å². The quantitative estimate of drug-likeness (QED) is 0.835. The van der Waals surface area contributed by atoms with E-state index in [1.54, 1.807) is 12.1 Å². The van der Waals surface area contributed by atoms with Crippen LogP contribution in [-0.4, -0.2) is 11.2 Å². The minimum absolute atomic E-state index is 0.149. The van der Waals surface area contributed by atoms with E-state index in [4.69, 9.17) is 11.6 Å². The summed E-state index contributed by atoms with van der Waals surface area (Å²) in [4.78, 5) is 0. The Labute approximate surface area is 101 Å². The molecule has 0 spiro atoms. The fourth-order valence-electron chi connectivity index (χ4n) is 1.73. The van der Waals surface area contributed by atoms with Gasteiger partial charge in [0.15, 0.2) is 0 Å². The maximum absolute atomic E-state index is 13.5. The maximum atomic E-state index is 13.5. The highest BCUT2D eigenvalue weighted by molar-refractivity contribution is 6.30. The van der Waals surface area contributed by atoms with E-state index in [9.17, 15) is 9.50 Å². The molecule has 1 rings (SSSR count). The average Bonchev–Trinajstić information content (AvgIpc) is 2.19. The number of hydrogen-bond donors (Lipinski definition) is 1. The first-order valence-corrected chi connectivity index (χ1v) is 5.99. The molecule has 0 radical (unpaired) electrons. The van der Waals surface area contributed by atoms with E-state index in [2.05, 4.69) is 13.8 Å². The van der Waals surface area contributed by atoms with Crippen LogP contribution in [0.4, 0.5) is 4.39 Å². The Morgan fingerprint density at radius 2 is 2.06 bits per heavy atom. The number of aliphatic hydroxyl groups excluding tert-OH is 1. The highest BCUT2D eigenvalue weighted by Crippen LogP contribution is 2.20. The summed E-state index contributed by atoms with van der Waals surface area (Å²) < 4.78 is 13.5. The molecule has 1 nitrogen and oxygen atoms in total. The Morgan fingerprint density at radius 1 is 1.38 bits per heavy atom. The Bertz CT molecular complexity index is 339. The predicted molar refractivity (Wildman–Crippen MR) is 65.2 cm³/mol. The minimum atomic E-state index is -0.363. The molecule has 1 atom stereocenters. The Balaban J connectivity index is 2.51. The monoisotopic (exact) mass is 244 g/mol. The number of aryl methyl sites for hydroxylation is 1. The maximum Gasteiger partial charge on any atom is 0.144 e. The van der Waals surface area contributed by atoms with Crippen molar-refractivity contribution in [2.75, 3.05) is 0 Å². The number of benzene rings is 1. The van der Waals surface area contributed by atoms with Crippen LogP contribution >= 0.6 is 11.6 Å². The second kappa shape index (κ2) is 6.21. The summed E-state index contributed by atoms with van der Waals surface area (Å²) in [6.45, 7) is 4.12. The first kappa shape index (κ1) is 13.5. The van der Waals surface area contributed by atoms with Gasteiger partial charge in [0.1, 0.15) is 5.82 Å². The molecule has 0 saturated carbocycles. The van der Waals surface area contributed by atoms with Crippen LogP contribution in [0.1, 0.15) is 32.3 Å². The molecule has 0 bridgehead atoms. The minimum Gasteiger partial charge on any atom is -0.393 e. The van der Waals surface area contributed by atoms with Gasteiger partial charge >= 0.3 is 0 Å². The third-order valence-electron chi connectivity index (χ3n) is 2.52. The van der Waals surface area contributed by atoms with E-state index in [1.165, 1.54) is 6.07 Å². The van der Waals surface area contributed by atoms with Crippen LogP contribution in [0.15, 0.2) is 18.2 Å². The normalized spacial score (nSPS) is 13.1. The summed E-state index contributed by atoms with van der Waals surface area (Å²) in [5, 5.41) is 9.83. The van der Waals surface area contributed by atoms with Crippen molar-refractivity contribution in [3.05, 3.63) is 34.6 Å². The zero-order chi connectivity index (χ0) is 12.1. The topological polar surface area (TPSA) is 20.2 Å². The first-order valence-electron chi connectivity index (χ1n) is 5.61. The molecule has 0 fully saturated rings. The largest absolute Gasteiger partial charge is 0.393 e. The van der Waals surface area contributed by atoms with Crippen molar-refractivity contribution in [1.82, 2.24) is 0 Å². The van der Waals surface area contributed by atoms with Gasteiger partial charge in [-0.1, -0.05) is 37.6 Å². The molecule has 1 N–H and O–H groups in total. The van der Waals surface area contributed by atoms with Crippen LogP contribution < -0.4 is 0 Å². The van der Waals surface area contributed by atoms with Crippen molar-refractivity contribution in [3.63, 3.8) is 0 Å². The van der Waals surface area contributed by atoms with Crippen molar-refractivity contribution < 1.29 is 9.50 Å². The van der Waals surface area contributed by atoms with Crippen LogP contribution in [-0.2, 0) is 6.42 Å². The van der Waals surface area contributed by atoms with Crippen molar-refractivity contribution >= 4 is 11.6 Å². The van der Waals surface area contributed by atoms with Crippen molar-refractivity contribution in [2.24, 2.45) is 5.92 Å². The van der Waals surface area contributed by atoms with Crippen LogP contribution in [0, 0.1) is 11.7 Å². The van der Waals surface area contributed by atoms with E-state index >= 15 is 0 Å². The zero-order valence-corrected chi connectivity index (χ0v) is 10.5. The molecule has 0 saturated heterocycles. The van der Waals surface area contributed by atoms with Gasteiger partial charge in [0.25, 0.3) is 0 Å². The SMILES string of the molecule is CC(C)CC(O)CCc1cccc(Cl)c1F. The molecule has 0 heterocycles. The highest BCUT2D eigenvalue weighted by Gasteiger charge is 2.10. The van der Waals surface area contributed by atoms with E-state index < -0.39 is 0 Å². The van der Waals surface area contributed by atoms with Gasteiger partial charge in [-0.25, -0.2) is 4.39 Å². The van der Waals surface area contributed by atoms with Gasteiger partial charge in [-0.2, -0.15) is 0 Å². The molecular formula is C13H18ClFO. The highest BCUT2D eigenvalue weighted by atomic mass is 35.5. The Hall–Kier alpha value is -0.600. The number of halogens is 2. The lowest BCUT2D eigenvalue weighted by molar-refractivity contribution is 0.139. The smallest absolute Gasteiger partial charge is 0.144 e. The molecule has 0 aliphatic rings. The average molecular weight is 245 g/mol. The van der Waals surface area contributed by atoms with Gasteiger partial charge in [-0.05, 0) is 36.8 Å². The molecule has 1 aromatic rings. The number of hydrogen-bond acceptors (Lipinski definition) is 1. The first-order chi connectivity index (χ1) is 7.50. The van der Waals surface area contributed by atoms with Crippen molar-refractivity contribution in [2.45, 2.75) is 39.2 Å². The third kappa shape index (κ3) is 4.11. The Kier molecular flexibility index (Phi) is 5.23. The van der Waals surface area contributed by atoms with Crippen LogP contribution in [0.25, 0.3) is 0 Å². The summed E-state index contributed by atoms with van der Waals surface area (Å²) in [7, 11) is 0. The van der Waals surface area contributed by atoms with E-state index in [1.807, 2.05) is 0 Å². The summed E-state index contributed by atoms with van der Waals surface area (Å²) >= 11 is 5.68. The van der Waals surface area contributed by atoms with Gasteiger partial charge < -0.3 is 5.11 Å². The second-order valence-electron chi connectivity index (χ2n) is 4.53. The molecule has 0 amide bonds. The summed E-state index contributed by atoms with van der Waals surface area (Å²) in [6, 6.07) is 4.98. The summed E-state index contributed by atoms with van der Waals surface area (Å²) in [5.41, 5.74) is 0.579. The molecule has 1 aromatic carbocycles. The Morgan fingerprint density at radius 3 is 2.69 bits per heavy atom. The fraction of sp³-hybridized carbons (Fsp3) is 0.538. The second-order valence-corrected chi connectivity index (χ2v) is 4.94. The van der Waals surface area contributed by atoms with Gasteiger partial charge in [-0.15, -0.1) is 0 Å². The molecule has 90 valence electrons. The van der Waals surface area contributed by atoms with Crippen molar-refractivity contribution in [3.8, 4) is 0 Å². The van der Waals surface area contributed by atoms with E-state index in [-0.39, 0.29) is 16.9 Å². The zero-order valence-electron chi connectivity index (χ0n) is 9.71. The lowest BCUT2D eigenvalue weighted by Gasteiger charge is -2.13. The molecule has 16 heavy (non-hydrogen) atoms. The van der Waals surface area contributed by atoms with Gasteiger partial charge in [0.05, 0.1) is 11.1 Å². The molecule has 0 aliphatic carbocycles. The third-order valence-corrected chi connectivity index (χ3v) is 2.81. The predicted octanol–water partition coefficient (Wildman–Crippen LogP) is 3.82. The number of rotatable bonds is 5. The lowest BCUT2D eigenvalue weighted by atomic mass is 9.99. The standard InChI is InChI=1S/C13H18ClFO/c1-9(2)8-11(16)7-6-10-4-3-5-12(14)13(10)15/h3-5,9,11,16H,6-8H2,1-2H3. The fourth-order valence-corrected chi connectivity index (χ4v) is 1.92. The molecule has 0 aromatic heterocycles. The van der Waals surface area contributed by atoms with Crippen LogP contribution in [0.3, 0.4) is 0 Å². The van der Waals surface area contributed by atoms with Gasteiger partial charge in [-0.3, -0.25) is 0 Å². The summed E-state index contributed by atoms with van der Waals surface area (Å²) in [6.07, 6.45) is 1.50. The van der Waals surface area contributed by atoms with Gasteiger partial charge in [0.2, 0.25) is 0 Å². The summed E-state index contributed by atoms with van der Waals surface area (Å²) in [5.74, 6) is 0.0973. The molecule has 0 aliphatic heterocycles. The van der Waals surface area contributed by atoms with Crippen LogP contribution in [0.2, 0.25) is 5.02 Å². The molecule has 1 unspecified atom stereocenters. The van der Waals surface area contributed by atoms with Crippen molar-refractivity contribution in [1.29, 1.82) is 0 Å². The molecule has 3 heteroatoms. The van der Waals surface area contributed by atoms with Crippen LogP contribution in [0.5, 0.6) is 0 Å². The lowest BCUT2D eigenvalue weighted by Crippen LogP contribution is -2.11.